The zero-order valence-electron chi connectivity index (χ0n) is 11.5. The van der Waals surface area contributed by atoms with Gasteiger partial charge in [0, 0.05) is 24.8 Å². The number of nitrogens with one attached hydrogen (secondary N) is 1. The van der Waals surface area contributed by atoms with Gasteiger partial charge in [0.05, 0.1) is 0 Å². The Morgan fingerprint density at radius 2 is 1.94 bits per heavy atom. The second kappa shape index (κ2) is 4.93. The largest absolute Gasteiger partial charge is 0.371 e. The van der Waals surface area contributed by atoms with Gasteiger partial charge in [0.2, 0.25) is 0 Å². The first-order chi connectivity index (χ1) is 8.74. The van der Waals surface area contributed by atoms with Crippen molar-refractivity contribution in [2.75, 3.05) is 24.5 Å². The fourth-order valence-electron chi connectivity index (χ4n) is 3.35. The molecule has 1 aromatic carbocycles. The molecule has 3 rings (SSSR count). The second-order valence-electron chi connectivity index (χ2n) is 6.09. The molecule has 2 atom stereocenters. The van der Waals surface area contributed by atoms with E-state index in [0.29, 0.717) is 5.92 Å². The van der Waals surface area contributed by atoms with Crippen molar-refractivity contribution >= 4 is 5.69 Å². The van der Waals surface area contributed by atoms with Gasteiger partial charge in [-0.3, -0.25) is 0 Å². The molecule has 0 saturated carbocycles. The summed E-state index contributed by atoms with van der Waals surface area (Å²) in [5, 5.41) is 3.63. The Hall–Kier alpha value is -1.02. The van der Waals surface area contributed by atoms with E-state index in [-0.39, 0.29) is 0 Å². The van der Waals surface area contributed by atoms with Crippen LogP contribution in [0.15, 0.2) is 24.3 Å². The maximum atomic E-state index is 3.63. The topological polar surface area (TPSA) is 15.3 Å². The van der Waals surface area contributed by atoms with E-state index in [4.69, 9.17) is 0 Å². The van der Waals surface area contributed by atoms with Crippen molar-refractivity contribution < 1.29 is 0 Å². The van der Waals surface area contributed by atoms with E-state index in [1.165, 1.54) is 43.7 Å². The minimum absolute atomic E-state index is 0.629. The zero-order chi connectivity index (χ0) is 12.5. The first-order valence-electron chi connectivity index (χ1n) is 7.32. The van der Waals surface area contributed by atoms with E-state index >= 15 is 0 Å². The van der Waals surface area contributed by atoms with E-state index in [0.717, 1.165) is 12.0 Å². The lowest BCUT2D eigenvalue weighted by Crippen LogP contribution is -2.44. The third-order valence-electron chi connectivity index (χ3n) is 4.58. The van der Waals surface area contributed by atoms with Crippen LogP contribution in [-0.4, -0.2) is 25.7 Å². The van der Waals surface area contributed by atoms with E-state index in [9.17, 15) is 0 Å². The molecule has 2 nitrogen and oxygen atoms in total. The molecule has 2 aliphatic heterocycles. The second-order valence-corrected chi connectivity index (χ2v) is 6.09. The normalized spacial score (nSPS) is 27.6. The quantitative estimate of drug-likeness (QED) is 0.860. The van der Waals surface area contributed by atoms with Gasteiger partial charge in [-0.15, -0.1) is 0 Å². The van der Waals surface area contributed by atoms with E-state index in [1.54, 1.807) is 0 Å². The van der Waals surface area contributed by atoms with Crippen molar-refractivity contribution in [3.05, 3.63) is 29.8 Å². The molecule has 2 unspecified atom stereocenters. The molecule has 2 saturated heterocycles. The number of benzene rings is 1. The van der Waals surface area contributed by atoms with Gasteiger partial charge in [0.15, 0.2) is 0 Å². The maximum absolute atomic E-state index is 3.63. The average molecular weight is 244 g/mol. The molecule has 0 aromatic heterocycles. The van der Waals surface area contributed by atoms with Gasteiger partial charge in [0.1, 0.15) is 0 Å². The summed E-state index contributed by atoms with van der Waals surface area (Å²) in [6.45, 7) is 8.17. The number of rotatable bonds is 2. The summed E-state index contributed by atoms with van der Waals surface area (Å²) in [6.07, 6.45) is 2.65. The minimum Gasteiger partial charge on any atom is -0.371 e. The van der Waals surface area contributed by atoms with Crippen molar-refractivity contribution in [1.82, 2.24) is 5.32 Å². The highest BCUT2D eigenvalue weighted by atomic mass is 15.2. The van der Waals surface area contributed by atoms with Crippen molar-refractivity contribution in [2.24, 2.45) is 5.92 Å². The Balaban J connectivity index is 1.71. The van der Waals surface area contributed by atoms with Gasteiger partial charge in [-0.05, 0) is 48.9 Å². The molecular weight excluding hydrogens is 220 g/mol. The molecule has 0 amide bonds. The Bertz CT molecular complexity index is 396. The highest BCUT2D eigenvalue weighted by Gasteiger charge is 2.32. The van der Waals surface area contributed by atoms with Crippen LogP contribution in [0.25, 0.3) is 0 Å². The molecular formula is C16H24N2. The van der Waals surface area contributed by atoms with Crippen LogP contribution in [-0.2, 0) is 0 Å². The van der Waals surface area contributed by atoms with E-state index in [2.05, 4.69) is 48.3 Å². The number of hydrogen-bond donors (Lipinski definition) is 1. The van der Waals surface area contributed by atoms with Gasteiger partial charge in [-0.25, -0.2) is 0 Å². The fourth-order valence-corrected chi connectivity index (χ4v) is 3.35. The summed E-state index contributed by atoms with van der Waals surface area (Å²) in [4.78, 5) is 2.57. The van der Waals surface area contributed by atoms with Crippen molar-refractivity contribution in [2.45, 2.75) is 38.6 Å². The number of nitrogens with zero attached hydrogens (tertiary/aromatic N) is 1. The number of fused-ring (bicyclic) bond motifs is 1. The van der Waals surface area contributed by atoms with E-state index < -0.39 is 0 Å². The Morgan fingerprint density at radius 3 is 2.67 bits per heavy atom. The van der Waals surface area contributed by atoms with Gasteiger partial charge in [-0.2, -0.15) is 0 Å². The van der Waals surface area contributed by atoms with Crippen LogP contribution in [0.4, 0.5) is 5.69 Å². The Kier molecular flexibility index (Phi) is 3.29. The number of hydrogen-bond acceptors (Lipinski definition) is 2. The zero-order valence-corrected chi connectivity index (χ0v) is 11.5. The van der Waals surface area contributed by atoms with Crippen molar-refractivity contribution in [1.29, 1.82) is 0 Å². The molecule has 2 heteroatoms. The summed E-state index contributed by atoms with van der Waals surface area (Å²) in [6, 6.07) is 9.98. The standard InChI is InChI=1S/C16H24N2/c1-12(2)13-3-5-15(6-4-13)18-10-8-16-14(11-18)7-9-17-16/h3-6,12,14,16-17H,7-11H2,1-2H3. The lowest BCUT2D eigenvalue weighted by molar-refractivity contribution is 0.376. The first-order valence-corrected chi connectivity index (χ1v) is 7.32. The molecule has 18 heavy (non-hydrogen) atoms. The molecule has 0 spiro atoms. The number of piperidine rings is 1. The van der Waals surface area contributed by atoms with Crippen LogP contribution in [0.1, 0.15) is 38.2 Å². The van der Waals surface area contributed by atoms with Gasteiger partial charge in [-0.1, -0.05) is 26.0 Å². The fraction of sp³-hybridized carbons (Fsp3) is 0.625. The summed E-state index contributed by atoms with van der Waals surface area (Å²) in [5.41, 5.74) is 2.85. The molecule has 0 radical (unpaired) electrons. The highest BCUT2D eigenvalue weighted by molar-refractivity contribution is 5.48. The molecule has 1 aromatic rings. The van der Waals surface area contributed by atoms with Gasteiger partial charge in [0.25, 0.3) is 0 Å². The van der Waals surface area contributed by atoms with Crippen LogP contribution in [0.2, 0.25) is 0 Å². The average Bonchev–Trinajstić information content (AvgIpc) is 2.86. The molecule has 2 heterocycles. The summed E-state index contributed by atoms with van der Waals surface area (Å²) in [7, 11) is 0. The van der Waals surface area contributed by atoms with E-state index in [1.807, 2.05) is 0 Å². The maximum Gasteiger partial charge on any atom is 0.0366 e. The third-order valence-corrected chi connectivity index (χ3v) is 4.58. The molecule has 0 bridgehead atoms. The molecule has 0 aliphatic carbocycles. The lowest BCUT2D eigenvalue weighted by atomic mass is 9.93. The molecule has 2 aliphatic rings. The monoisotopic (exact) mass is 244 g/mol. The summed E-state index contributed by atoms with van der Waals surface area (Å²) < 4.78 is 0. The van der Waals surface area contributed by atoms with Crippen LogP contribution >= 0.6 is 0 Å². The van der Waals surface area contributed by atoms with Crippen molar-refractivity contribution in [3.8, 4) is 0 Å². The summed E-state index contributed by atoms with van der Waals surface area (Å²) >= 11 is 0. The molecule has 1 N–H and O–H groups in total. The van der Waals surface area contributed by atoms with Gasteiger partial charge < -0.3 is 10.2 Å². The number of anilines is 1. The highest BCUT2D eigenvalue weighted by Crippen LogP contribution is 2.29. The summed E-state index contributed by atoms with van der Waals surface area (Å²) in [5.74, 6) is 1.49. The van der Waals surface area contributed by atoms with Crippen LogP contribution < -0.4 is 10.2 Å². The molecule has 2 fully saturated rings. The SMILES string of the molecule is CC(C)c1ccc(N2CCC3NCCC3C2)cc1. The Morgan fingerprint density at radius 1 is 1.17 bits per heavy atom. The van der Waals surface area contributed by atoms with Crippen LogP contribution in [0.3, 0.4) is 0 Å². The predicted octanol–water partition coefficient (Wildman–Crippen LogP) is 3.00. The third kappa shape index (κ3) is 2.26. The predicted molar refractivity (Wildman–Crippen MR) is 77.3 cm³/mol. The molecule has 98 valence electrons. The van der Waals surface area contributed by atoms with Crippen molar-refractivity contribution in [3.63, 3.8) is 0 Å². The Labute approximate surface area is 110 Å². The first kappa shape index (κ1) is 12.0. The smallest absolute Gasteiger partial charge is 0.0366 e. The van der Waals surface area contributed by atoms with Crippen LogP contribution in [0.5, 0.6) is 0 Å². The van der Waals surface area contributed by atoms with Gasteiger partial charge >= 0.3 is 0 Å². The lowest BCUT2D eigenvalue weighted by Gasteiger charge is -2.36. The minimum atomic E-state index is 0.629. The van der Waals surface area contributed by atoms with Crippen LogP contribution in [0, 0.1) is 5.92 Å².